The van der Waals surface area contributed by atoms with Crippen LogP contribution in [0.3, 0.4) is 0 Å². The van der Waals surface area contributed by atoms with Crippen LogP contribution in [0.5, 0.6) is 0 Å². The Balaban J connectivity index is 2.13. The molecule has 0 spiro atoms. The first-order valence-electron chi connectivity index (χ1n) is 6.79. The second-order valence-electron chi connectivity index (χ2n) is 4.67. The summed E-state index contributed by atoms with van der Waals surface area (Å²) in [4.78, 5) is 16.3. The van der Waals surface area contributed by atoms with E-state index >= 15 is 0 Å². The molecule has 0 saturated carbocycles. The summed E-state index contributed by atoms with van der Waals surface area (Å²) < 4.78 is 0.627. The number of pyridine rings is 1. The standard InChI is InChI=1S/C16H17BrN2O2/c17-15-11-13(8-9-18-15)16(21)19-14(7-4-10-20)12-5-2-1-3-6-12/h1-3,5-6,8-9,11,14,20H,4,7,10H2,(H,19,21). The van der Waals surface area contributed by atoms with Crippen molar-refractivity contribution in [1.82, 2.24) is 10.3 Å². The molecule has 21 heavy (non-hydrogen) atoms. The van der Waals surface area contributed by atoms with Crippen LogP contribution in [0.2, 0.25) is 0 Å². The van der Waals surface area contributed by atoms with Crippen LogP contribution >= 0.6 is 15.9 Å². The number of hydrogen-bond acceptors (Lipinski definition) is 3. The van der Waals surface area contributed by atoms with Gasteiger partial charge in [0, 0.05) is 18.4 Å². The fourth-order valence-electron chi connectivity index (χ4n) is 2.09. The predicted molar refractivity (Wildman–Crippen MR) is 84.9 cm³/mol. The van der Waals surface area contributed by atoms with E-state index in [1.165, 1.54) is 0 Å². The van der Waals surface area contributed by atoms with Crippen LogP contribution in [0, 0.1) is 0 Å². The Morgan fingerprint density at radius 1 is 1.29 bits per heavy atom. The number of nitrogens with zero attached hydrogens (tertiary/aromatic N) is 1. The van der Waals surface area contributed by atoms with Gasteiger partial charge < -0.3 is 10.4 Å². The minimum absolute atomic E-state index is 0.111. The maximum absolute atomic E-state index is 12.3. The largest absolute Gasteiger partial charge is 0.396 e. The highest BCUT2D eigenvalue weighted by Crippen LogP contribution is 2.19. The molecule has 1 aromatic heterocycles. The maximum atomic E-state index is 12.3. The highest BCUT2D eigenvalue weighted by molar-refractivity contribution is 9.10. The van der Waals surface area contributed by atoms with Gasteiger partial charge in [0.05, 0.1) is 6.04 Å². The lowest BCUT2D eigenvalue weighted by Crippen LogP contribution is -2.28. The van der Waals surface area contributed by atoms with Gasteiger partial charge in [-0.3, -0.25) is 4.79 Å². The molecule has 1 unspecified atom stereocenters. The fraction of sp³-hybridized carbons (Fsp3) is 0.250. The van der Waals surface area contributed by atoms with Gasteiger partial charge in [0.2, 0.25) is 0 Å². The Morgan fingerprint density at radius 2 is 2.05 bits per heavy atom. The minimum Gasteiger partial charge on any atom is -0.396 e. The Labute approximate surface area is 132 Å². The van der Waals surface area contributed by atoms with Gasteiger partial charge >= 0.3 is 0 Å². The number of aliphatic hydroxyl groups is 1. The monoisotopic (exact) mass is 348 g/mol. The van der Waals surface area contributed by atoms with Gasteiger partial charge in [-0.15, -0.1) is 0 Å². The molecule has 1 heterocycles. The molecule has 2 aromatic rings. The van der Waals surface area contributed by atoms with Gasteiger partial charge in [-0.25, -0.2) is 4.98 Å². The van der Waals surface area contributed by atoms with E-state index in [2.05, 4.69) is 26.2 Å². The van der Waals surface area contributed by atoms with E-state index in [1.807, 2.05) is 30.3 Å². The third kappa shape index (κ3) is 4.65. The van der Waals surface area contributed by atoms with Gasteiger partial charge in [0.25, 0.3) is 5.91 Å². The first kappa shape index (κ1) is 15.7. The Kier molecular flexibility index (Phi) is 5.90. The Hall–Kier alpha value is -1.72. The number of benzene rings is 1. The van der Waals surface area contributed by atoms with Crippen LogP contribution in [0.25, 0.3) is 0 Å². The topological polar surface area (TPSA) is 62.2 Å². The van der Waals surface area contributed by atoms with Gasteiger partial charge in [0.15, 0.2) is 0 Å². The predicted octanol–water partition coefficient (Wildman–Crippen LogP) is 3.09. The summed E-state index contributed by atoms with van der Waals surface area (Å²) in [5.41, 5.74) is 1.59. The maximum Gasteiger partial charge on any atom is 0.251 e. The van der Waals surface area contributed by atoms with E-state index in [-0.39, 0.29) is 18.6 Å². The van der Waals surface area contributed by atoms with Crippen molar-refractivity contribution in [2.45, 2.75) is 18.9 Å². The fourth-order valence-corrected chi connectivity index (χ4v) is 2.45. The normalized spacial score (nSPS) is 11.9. The molecule has 2 N–H and O–H groups in total. The molecule has 0 bridgehead atoms. The molecule has 2 rings (SSSR count). The molecule has 0 radical (unpaired) electrons. The molecule has 0 aliphatic carbocycles. The molecular weight excluding hydrogens is 332 g/mol. The number of hydrogen-bond donors (Lipinski definition) is 2. The number of carbonyl (C=O) groups excluding carboxylic acids is 1. The summed E-state index contributed by atoms with van der Waals surface area (Å²) in [6.45, 7) is 0.111. The van der Waals surface area contributed by atoms with Crippen molar-refractivity contribution in [1.29, 1.82) is 0 Å². The Morgan fingerprint density at radius 3 is 2.71 bits per heavy atom. The molecule has 0 aliphatic rings. The lowest BCUT2D eigenvalue weighted by atomic mass is 10.0. The number of rotatable bonds is 6. The van der Waals surface area contributed by atoms with Crippen LogP contribution in [0.4, 0.5) is 0 Å². The summed E-state index contributed by atoms with van der Waals surface area (Å²) in [5, 5.41) is 12.0. The van der Waals surface area contributed by atoms with Crippen molar-refractivity contribution < 1.29 is 9.90 Å². The zero-order valence-electron chi connectivity index (χ0n) is 11.5. The van der Waals surface area contributed by atoms with Gasteiger partial charge in [-0.2, -0.15) is 0 Å². The molecule has 1 amide bonds. The highest BCUT2D eigenvalue weighted by Gasteiger charge is 2.15. The van der Waals surface area contributed by atoms with Gasteiger partial charge in [0.1, 0.15) is 4.60 Å². The summed E-state index contributed by atoms with van der Waals surface area (Å²) >= 11 is 3.26. The molecule has 0 saturated heterocycles. The van der Waals surface area contributed by atoms with E-state index in [0.29, 0.717) is 23.0 Å². The van der Waals surface area contributed by atoms with Gasteiger partial charge in [-0.1, -0.05) is 30.3 Å². The molecule has 5 heteroatoms. The number of aliphatic hydroxyl groups excluding tert-OH is 1. The molecule has 0 fully saturated rings. The van der Waals surface area contributed by atoms with Crippen LogP contribution in [-0.2, 0) is 0 Å². The number of nitrogens with one attached hydrogen (secondary N) is 1. The van der Waals surface area contributed by atoms with Crippen molar-refractivity contribution >= 4 is 21.8 Å². The third-order valence-corrected chi connectivity index (χ3v) is 3.58. The first-order chi connectivity index (χ1) is 10.2. The number of carbonyl (C=O) groups is 1. The van der Waals surface area contributed by atoms with Crippen molar-refractivity contribution in [2.75, 3.05) is 6.61 Å². The molecule has 4 nitrogen and oxygen atoms in total. The van der Waals surface area contributed by atoms with Crippen molar-refractivity contribution in [3.63, 3.8) is 0 Å². The van der Waals surface area contributed by atoms with E-state index in [4.69, 9.17) is 5.11 Å². The van der Waals surface area contributed by atoms with Crippen LogP contribution in [0.1, 0.15) is 34.8 Å². The van der Waals surface area contributed by atoms with Crippen molar-refractivity contribution in [3.05, 3.63) is 64.4 Å². The van der Waals surface area contributed by atoms with E-state index in [9.17, 15) is 4.79 Å². The summed E-state index contributed by atoms with van der Waals surface area (Å²) in [5.74, 6) is -0.148. The zero-order valence-corrected chi connectivity index (χ0v) is 13.1. The molecule has 0 aliphatic heterocycles. The lowest BCUT2D eigenvalue weighted by Gasteiger charge is -2.19. The van der Waals surface area contributed by atoms with E-state index in [0.717, 1.165) is 5.56 Å². The minimum atomic E-state index is -0.148. The second-order valence-corrected chi connectivity index (χ2v) is 5.48. The SMILES string of the molecule is O=C(NC(CCCO)c1ccccc1)c1ccnc(Br)c1. The summed E-state index contributed by atoms with van der Waals surface area (Å²) in [6.07, 6.45) is 2.92. The summed E-state index contributed by atoms with van der Waals surface area (Å²) in [6, 6.07) is 13.0. The molecule has 110 valence electrons. The Bertz CT molecular complexity index is 590. The smallest absolute Gasteiger partial charge is 0.251 e. The van der Waals surface area contributed by atoms with Crippen LogP contribution in [-0.4, -0.2) is 22.6 Å². The van der Waals surface area contributed by atoms with Crippen LogP contribution in [0.15, 0.2) is 53.3 Å². The average Bonchev–Trinajstić information content (AvgIpc) is 2.52. The van der Waals surface area contributed by atoms with Crippen molar-refractivity contribution in [3.8, 4) is 0 Å². The van der Waals surface area contributed by atoms with Crippen molar-refractivity contribution in [2.24, 2.45) is 0 Å². The lowest BCUT2D eigenvalue weighted by molar-refractivity contribution is 0.0932. The van der Waals surface area contributed by atoms with E-state index in [1.54, 1.807) is 18.3 Å². The van der Waals surface area contributed by atoms with Gasteiger partial charge in [-0.05, 0) is 46.5 Å². The molecule has 1 atom stereocenters. The molecular formula is C16H17BrN2O2. The third-order valence-electron chi connectivity index (χ3n) is 3.15. The zero-order chi connectivity index (χ0) is 15.1. The second kappa shape index (κ2) is 7.90. The first-order valence-corrected chi connectivity index (χ1v) is 7.58. The summed E-state index contributed by atoms with van der Waals surface area (Å²) in [7, 11) is 0. The van der Waals surface area contributed by atoms with Crippen LogP contribution < -0.4 is 5.32 Å². The quantitative estimate of drug-likeness (QED) is 0.788. The molecule has 1 aromatic carbocycles. The highest BCUT2D eigenvalue weighted by atomic mass is 79.9. The average molecular weight is 349 g/mol. The number of aromatic nitrogens is 1. The van der Waals surface area contributed by atoms with E-state index < -0.39 is 0 Å². The number of halogens is 1. The number of amides is 1.